The van der Waals surface area contributed by atoms with Crippen molar-refractivity contribution in [3.63, 3.8) is 0 Å². The quantitative estimate of drug-likeness (QED) is 0.358. The predicted molar refractivity (Wildman–Crippen MR) is 123 cm³/mol. The Morgan fingerprint density at radius 3 is 2.55 bits per heavy atom. The predicted octanol–water partition coefficient (Wildman–Crippen LogP) is 3.05. The van der Waals surface area contributed by atoms with E-state index in [4.69, 9.17) is 4.74 Å². The van der Waals surface area contributed by atoms with E-state index in [9.17, 15) is 0 Å². The molecule has 12 nitrogen and oxygen atoms in total. The molecule has 0 unspecified atom stereocenters. The molecule has 0 radical (unpaired) electrons. The Labute approximate surface area is 188 Å². The molecule has 5 rings (SSSR count). The summed E-state index contributed by atoms with van der Waals surface area (Å²) in [6, 6.07) is 11.3. The number of imidazole rings is 1. The van der Waals surface area contributed by atoms with Gasteiger partial charge in [0.25, 0.3) is 0 Å². The third kappa shape index (κ3) is 4.01. The van der Waals surface area contributed by atoms with E-state index in [0.717, 1.165) is 22.9 Å². The average molecular weight is 443 g/mol. The van der Waals surface area contributed by atoms with Gasteiger partial charge in [0, 0.05) is 6.07 Å². The standard InChI is InChI=1S/C21H21N11O/c1-11-8-9-16(28-27-11)25-17-10-15(18-21(26-17)23-12(2)22-18)24-14-7-5-6-13(19(14)33-4)20-29-31-32(3)30-20/h5-10H,1-4H3,(H3,22,23,24,25,26,28). The van der Waals surface area contributed by atoms with E-state index < -0.39 is 0 Å². The van der Waals surface area contributed by atoms with Crippen molar-refractivity contribution in [2.45, 2.75) is 13.8 Å². The summed E-state index contributed by atoms with van der Waals surface area (Å²) < 4.78 is 5.71. The van der Waals surface area contributed by atoms with Crippen molar-refractivity contribution in [1.29, 1.82) is 0 Å². The van der Waals surface area contributed by atoms with Gasteiger partial charge in [0.05, 0.1) is 36.8 Å². The number of rotatable bonds is 6. The molecule has 0 saturated carbocycles. The number of aromatic amines is 1. The van der Waals surface area contributed by atoms with E-state index in [1.54, 1.807) is 14.2 Å². The van der Waals surface area contributed by atoms with Crippen molar-refractivity contribution in [2.24, 2.45) is 7.05 Å². The first-order chi connectivity index (χ1) is 16.0. The number of aromatic nitrogens is 9. The summed E-state index contributed by atoms with van der Waals surface area (Å²) in [4.78, 5) is 13.8. The average Bonchev–Trinajstić information content (AvgIpc) is 3.40. The normalized spacial score (nSPS) is 11.0. The number of tetrazole rings is 1. The molecular formula is C21H21N11O. The van der Waals surface area contributed by atoms with E-state index in [1.165, 1.54) is 4.80 Å². The van der Waals surface area contributed by atoms with Gasteiger partial charge >= 0.3 is 0 Å². The number of anilines is 4. The molecule has 0 aliphatic carbocycles. The maximum absolute atomic E-state index is 5.71. The fraction of sp³-hybridized carbons (Fsp3) is 0.190. The summed E-state index contributed by atoms with van der Waals surface area (Å²) in [7, 11) is 3.32. The second-order valence-electron chi connectivity index (χ2n) is 7.37. The van der Waals surface area contributed by atoms with Crippen LogP contribution in [0.3, 0.4) is 0 Å². The number of hydrogen-bond acceptors (Lipinski definition) is 10. The van der Waals surface area contributed by atoms with E-state index in [0.29, 0.717) is 39.9 Å². The van der Waals surface area contributed by atoms with Crippen LogP contribution in [-0.2, 0) is 7.05 Å². The van der Waals surface area contributed by atoms with Crippen molar-refractivity contribution in [1.82, 2.24) is 45.4 Å². The number of hydrogen-bond donors (Lipinski definition) is 3. The van der Waals surface area contributed by atoms with Gasteiger partial charge in [-0.15, -0.1) is 15.3 Å². The van der Waals surface area contributed by atoms with Crippen molar-refractivity contribution in [3.8, 4) is 17.1 Å². The lowest BCUT2D eigenvalue weighted by molar-refractivity contribution is 0.418. The van der Waals surface area contributed by atoms with Crippen LogP contribution in [0.1, 0.15) is 11.5 Å². The minimum absolute atomic E-state index is 0.466. The Hall–Kier alpha value is -4.61. The van der Waals surface area contributed by atoms with Gasteiger partial charge in [0.15, 0.2) is 17.2 Å². The van der Waals surface area contributed by atoms with Crippen LogP contribution in [0.2, 0.25) is 0 Å². The molecule has 33 heavy (non-hydrogen) atoms. The topological polar surface area (TPSA) is 144 Å². The molecule has 0 atom stereocenters. The number of pyridine rings is 1. The zero-order valence-electron chi connectivity index (χ0n) is 18.5. The number of benzene rings is 1. The number of nitrogens with one attached hydrogen (secondary N) is 3. The number of methoxy groups -OCH3 is 1. The molecule has 4 heterocycles. The second kappa shape index (κ2) is 8.15. The number of nitrogens with zero attached hydrogens (tertiary/aromatic N) is 8. The molecule has 5 aromatic rings. The maximum atomic E-state index is 5.71. The van der Waals surface area contributed by atoms with Gasteiger partial charge in [0.1, 0.15) is 17.2 Å². The van der Waals surface area contributed by atoms with E-state index >= 15 is 0 Å². The van der Waals surface area contributed by atoms with E-state index in [2.05, 4.69) is 51.2 Å². The number of ether oxygens (including phenoxy) is 1. The molecule has 0 saturated heterocycles. The number of H-pyrrole nitrogens is 1. The summed E-state index contributed by atoms with van der Waals surface area (Å²) >= 11 is 0. The highest BCUT2D eigenvalue weighted by Gasteiger charge is 2.17. The Morgan fingerprint density at radius 2 is 1.82 bits per heavy atom. The Kier molecular flexibility index (Phi) is 5.01. The van der Waals surface area contributed by atoms with Crippen LogP contribution in [-0.4, -0.2) is 52.5 Å². The van der Waals surface area contributed by atoms with Gasteiger partial charge in [0.2, 0.25) is 5.82 Å². The van der Waals surface area contributed by atoms with Gasteiger partial charge in [-0.25, -0.2) is 9.97 Å². The molecule has 166 valence electrons. The molecule has 3 N–H and O–H groups in total. The van der Waals surface area contributed by atoms with Gasteiger partial charge in [-0.3, -0.25) is 0 Å². The molecule has 4 aromatic heterocycles. The van der Waals surface area contributed by atoms with Crippen molar-refractivity contribution < 1.29 is 4.74 Å². The van der Waals surface area contributed by atoms with Crippen molar-refractivity contribution in [2.75, 3.05) is 17.7 Å². The summed E-state index contributed by atoms with van der Waals surface area (Å²) in [5.41, 5.74) is 4.32. The van der Waals surface area contributed by atoms with Crippen LogP contribution in [0.25, 0.3) is 22.6 Å². The van der Waals surface area contributed by atoms with Gasteiger partial charge in [-0.05, 0) is 43.3 Å². The molecule has 0 fully saturated rings. The highest BCUT2D eigenvalue weighted by atomic mass is 16.5. The summed E-state index contributed by atoms with van der Waals surface area (Å²) in [5, 5.41) is 27.2. The van der Waals surface area contributed by atoms with E-state index in [-0.39, 0.29) is 0 Å². The van der Waals surface area contributed by atoms with E-state index in [1.807, 2.05) is 50.2 Å². The third-order valence-corrected chi connectivity index (χ3v) is 4.86. The van der Waals surface area contributed by atoms with Crippen LogP contribution in [0.4, 0.5) is 23.0 Å². The SMILES string of the molecule is COc1c(Nc2cc(Nc3ccc(C)nn3)nc3[nH]c(C)nc23)cccc1-c1nnn(C)n1. The Bertz CT molecular complexity index is 1440. The molecule has 12 heteroatoms. The molecule has 1 aromatic carbocycles. The molecule has 0 amide bonds. The lowest BCUT2D eigenvalue weighted by Gasteiger charge is -2.15. The minimum atomic E-state index is 0.466. The molecule has 0 bridgehead atoms. The fourth-order valence-corrected chi connectivity index (χ4v) is 3.43. The molecule has 0 spiro atoms. The van der Waals surface area contributed by atoms with Gasteiger partial charge < -0.3 is 20.4 Å². The number of para-hydroxylation sites is 1. The lowest BCUT2D eigenvalue weighted by atomic mass is 10.1. The maximum Gasteiger partial charge on any atom is 0.208 e. The Morgan fingerprint density at radius 1 is 0.939 bits per heavy atom. The summed E-state index contributed by atoms with van der Waals surface area (Å²) in [5.74, 6) is 2.97. The summed E-state index contributed by atoms with van der Waals surface area (Å²) in [6.07, 6.45) is 0. The zero-order chi connectivity index (χ0) is 22.9. The highest BCUT2D eigenvalue weighted by molar-refractivity contribution is 5.92. The largest absolute Gasteiger partial charge is 0.494 e. The van der Waals surface area contributed by atoms with Crippen molar-refractivity contribution >= 4 is 34.2 Å². The van der Waals surface area contributed by atoms with Crippen LogP contribution in [0.15, 0.2) is 36.4 Å². The lowest BCUT2D eigenvalue weighted by Crippen LogP contribution is -2.02. The first-order valence-electron chi connectivity index (χ1n) is 10.1. The third-order valence-electron chi connectivity index (χ3n) is 4.86. The number of aryl methyl sites for hydroxylation is 3. The minimum Gasteiger partial charge on any atom is -0.494 e. The molecular weight excluding hydrogens is 422 g/mol. The first-order valence-corrected chi connectivity index (χ1v) is 10.1. The van der Waals surface area contributed by atoms with Gasteiger partial charge in [-0.1, -0.05) is 6.07 Å². The van der Waals surface area contributed by atoms with Crippen LogP contribution < -0.4 is 15.4 Å². The van der Waals surface area contributed by atoms with Crippen LogP contribution >= 0.6 is 0 Å². The van der Waals surface area contributed by atoms with Crippen LogP contribution in [0, 0.1) is 13.8 Å². The zero-order valence-corrected chi connectivity index (χ0v) is 18.5. The first kappa shape index (κ1) is 20.3. The fourth-order valence-electron chi connectivity index (χ4n) is 3.43. The van der Waals surface area contributed by atoms with Gasteiger partial charge in [-0.2, -0.15) is 9.90 Å². The van der Waals surface area contributed by atoms with Crippen molar-refractivity contribution in [3.05, 3.63) is 47.9 Å². The smallest absolute Gasteiger partial charge is 0.208 e. The monoisotopic (exact) mass is 443 g/mol. The molecule has 0 aliphatic heterocycles. The molecule has 0 aliphatic rings. The number of fused-ring (bicyclic) bond motifs is 1. The summed E-state index contributed by atoms with van der Waals surface area (Å²) in [6.45, 7) is 3.76. The Balaban J connectivity index is 1.56. The highest BCUT2D eigenvalue weighted by Crippen LogP contribution is 2.37. The second-order valence-corrected chi connectivity index (χ2v) is 7.37. The van der Waals surface area contributed by atoms with Crippen LogP contribution in [0.5, 0.6) is 5.75 Å².